The molecule has 8 heteroatoms. The highest BCUT2D eigenvalue weighted by molar-refractivity contribution is 5.35. The molecular formula is C14H11F5N2O. The van der Waals surface area contributed by atoms with Crippen LogP contribution >= 0.6 is 0 Å². The summed E-state index contributed by atoms with van der Waals surface area (Å²) in [7, 11) is 1.50. The molecule has 1 heterocycles. The van der Waals surface area contributed by atoms with Gasteiger partial charge in [-0.05, 0) is 36.9 Å². The summed E-state index contributed by atoms with van der Waals surface area (Å²) < 4.78 is 67.3. The maximum Gasteiger partial charge on any atom is 0.573 e. The van der Waals surface area contributed by atoms with Crippen LogP contribution in [0.4, 0.5) is 22.0 Å². The van der Waals surface area contributed by atoms with Crippen LogP contribution in [0.15, 0.2) is 36.5 Å². The van der Waals surface area contributed by atoms with E-state index in [-0.39, 0.29) is 11.3 Å². The largest absolute Gasteiger partial charge is 0.573 e. The molecule has 1 aromatic heterocycles. The van der Waals surface area contributed by atoms with E-state index in [1.54, 1.807) is 0 Å². The number of nitrogens with zero attached hydrogens (tertiary/aromatic N) is 1. The second kappa shape index (κ2) is 6.27. The molecule has 0 aliphatic heterocycles. The van der Waals surface area contributed by atoms with Gasteiger partial charge in [0, 0.05) is 6.20 Å². The maximum absolute atomic E-state index is 13.7. The molecule has 2 aromatic rings. The number of halogens is 5. The Balaban J connectivity index is 2.36. The molecule has 1 atom stereocenters. The van der Waals surface area contributed by atoms with Crippen molar-refractivity contribution in [2.45, 2.75) is 12.4 Å². The molecule has 0 saturated carbocycles. The Bertz CT molecular complexity index is 660. The quantitative estimate of drug-likeness (QED) is 0.875. The zero-order chi connectivity index (χ0) is 16.3. The van der Waals surface area contributed by atoms with E-state index in [0.717, 1.165) is 12.1 Å². The lowest BCUT2D eigenvalue weighted by atomic mass is 10.0. The van der Waals surface area contributed by atoms with Gasteiger partial charge in [-0.15, -0.1) is 13.2 Å². The molecule has 0 fully saturated rings. The van der Waals surface area contributed by atoms with Crippen LogP contribution in [0.2, 0.25) is 0 Å². The van der Waals surface area contributed by atoms with Gasteiger partial charge >= 0.3 is 6.36 Å². The van der Waals surface area contributed by atoms with Gasteiger partial charge in [0.15, 0.2) is 11.6 Å². The molecule has 1 N–H and O–H groups in total. The van der Waals surface area contributed by atoms with Gasteiger partial charge in [-0.3, -0.25) is 4.98 Å². The molecule has 0 saturated heterocycles. The number of pyridine rings is 1. The Labute approximate surface area is 122 Å². The first-order valence-electron chi connectivity index (χ1n) is 6.14. The lowest BCUT2D eigenvalue weighted by molar-refractivity contribution is -0.275. The smallest absolute Gasteiger partial charge is 0.403 e. The molecule has 3 nitrogen and oxygen atoms in total. The topological polar surface area (TPSA) is 34.1 Å². The molecule has 118 valence electrons. The second-order valence-electron chi connectivity index (χ2n) is 4.33. The number of hydrogen-bond donors (Lipinski definition) is 1. The molecule has 0 radical (unpaired) electrons. The summed E-state index contributed by atoms with van der Waals surface area (Å²) in [4.78, 5) is 3.87. The van der Waals surface area contributed by atoms with Crippen LogP contribution in [0.1, 0.15) is 17.3 Å². The summed E-state index contributed by atoms with van der Waals surface area (Å²) in [6.07, 6.45) is -3.63. The van der Waals surface area contributed by atoms with Gasteiger partial charge < -0.3 is 10.1 Å². The molecule has 0 bridgehead atoms. The summed E-state index contributed by atoms with van der Waals surface area (Å²) in [6.45, 7) is 0. The minimum atomic E-state index is -4.99. The van der Waals surface area contributed by atoms with Gasteiger partial charge in [-0.25, -0.2) is 8.78 Å². The zero-order valence-corrected chi connectivity index (χ0v) is 11.3. The van der Waals surface area contributed by atoms with Gasteiger partial charge in [-0.2, -0.15) is 0 Å². The SMILES string of the molecule is CN[C@@H](c1ccc(OC(F)(F)F)c(F)c1)c1ncccc1F. The summed E-state index contributed by atoms with van der Waals surface area (Å²) in [5, 5.41) is 2.74. The van der Waals surface area contributed by atoms with E-state index in [4.69, 9.17) is 0 Å². The molecular weight excluding hydrogens is 307 g/mol. The van der Waals surface area contributed by atoms with Crippen LogP contribution < -0.4 is 10.1 Å². The third-order valence-electron chi connectivity index (χ3n) is 2.86. The van der Waals surface area contributed by atoms with Gasteiger partial charge in [0.05, 0.1) is 11.7 Å². The number of nitrogens with one attached hydrogen (secondary N) is 1. The number of hydrogen-bond acceptors (Lipinski definition) is 3. The first-order valence-corrected chi connectivity index (χ1v) is 6.14. The summed E-state index contributed by atoms with van der Waals surface area (Å²) in [5.41, 5.74) is 0.223. The average molecular weight is 318 g/mol. The monoisotopic (exact) mass is 318 g/mol. The Morgan fingerprint density at radius 3 is 2.41 bits per heavy atom. The van der Waals surface area contributed by atoms with Crippen LogP contribution in [-0.4, -0.2) is 18.4 Å². The van der Waals surface area contributed by atoms with E-state index in [1.165, 1.54) is 31.4 Å². The van der Waals surface area contributed by atoms with E-state index in [9.17, 15) is 22.0 Å². The minimum Gasteiger partial charge on any atom is -0.403 e. The number of aromatic nitrogens is 1. The Kier molecular flexibility index (Phi) is 4.60. The van der Waals surface area contributed by atoms with Gasteiger partial charge in [0.2, 0.25) is 0 Å². The average Bonchev–Trinajstić information content (AvgIpc) is 2.43. The van der Waals surface area contributed by atoms with Crippen molar-refractivity contribution in [2.75, 3.05) is 7.05 Å². The van der Waals surface area contributed by atoms with Crippen molar-refractivity contribution in [3.63, 3.8) is 0 Å². The third-order valence-corrected chi connectivity index (χ3v) is 2.86. The maximum atomic E-state index is 13.7. The molecule has 0 unspecified atom stereocenters. The predicted octanol–water partition coefficient (Wildman–Crippen LogP) is 3.57. The first kappa shape index (κ1) is 16.2. The van der Waals surface area contributed by atoms with E-state index in [0.29, 0.717) is 0 Å². The highest BCUT2D eigenvalue weighted by Gasteiger charge is 2.32. The van der Waals surface area contributed by atoms with Crippen molar-refractivity contribution in [3.05, 3.63) is 59.4 Å². The summed E-state index contributed by atoms with van der Waals surface area (Å²) in [6, 6.07) is 4.66. The van der Waals surface area contributed by atoms with Crippen molar-refractivity contribution in [1.29, 1.82) is 0 Å². The van der Waals surface area contributed by atoms with Crippen LogP contribution in [0.3, 0.4) is 0 Å². The zero-order valence-electron chi connectivity index (χ0n) is 11.3. The normalized spacial score (nSPS) is 13.0. The van der Waals surface area contributed by atoms with Gasteiger partial charge in [0.1, 0.15) is 5.82 Å². The standard InChI is InChI=1S/C14H11F5N2O/c1-20-12(13-9(15)3-2-6-21-13)8-4-5-11(10(16)7-8)22-14(17,18)19/h2-7,12,20H,1H3/t12-/m0/s1. The number of benzene rings is 1. The molecule has 0 aliphatic carbocycles. The van der Waals surface area contributed by atoms with Crippen LogP contribution in [0, 0.1) is 11.6 Å². The van der Waals surface area contributed by atoms with Crippen LogP contribution in [0.25, 0.3) is 0 Å². The molecule has 0 aliphatic rings. The highest BCUT2D eigenvalue weighted by atomic mass is 19.4. The molecule has 22 heavy (non-hydrogen) atoms. The predicted molar refractivity (Wildman–Crippen MR) is 68.2 cm³/mol. The molecule has 1 aromatic carbocycles. The minimum absolute atomic E-state index is 0.00823. The fourth-order valence-corrected chi connectivity index (χ4v) is 1.98. The van der Waals surface area contributed by atoms with Gasteiger partial charge in [0.25, 0.3) is 0 Å². The molecule has 2 rings (SSSR count). The Hall–Kier alpha value is -2.22. The molecule has 0 amide bonds. The fraction of sp³-hybridized carbons (Fsp3) is 0.214. The highest BCUT2D eigenvalue weighted by Crippen LogP contribution is 2.29. The third kappa shape index (κ3) is 3.70. The van der Waals surface area contributed by atoms with Crippen molar-refractivity contribution in [2.24, 2.45) is 0 Å². The number of alkyl halides is 3. The molecule has 0 spiro atoms. The van der Waals surface area contributed by atoms with E-state index >= 15 is 0 Å². The van der Waals surface area contributed by atoms with Crippen LogP contribution in [0.5, 0.6) is 5.75 Å². The number of ether oxygens (including phenoxy) is 1. The van der Waals surface area contributed by atoms with E-state index in [2.05, 4.69) is 15.0 Å². The van der Waals surface area contributed by atoms with Gasteiger partial charge in [-0.1, -0.05) is 6.07 Å². The van der Waals surface area contributed by atoms with E-state index in [1.807, 2.05) is 0 Å². The van der Waals surface area contributed by atoms with Crippen molar-refractivity contribution in [1.82, 2.24) is 10.3 Å². The van der Waals surface area contributed by atoms with Crippen molar-refractivity contribution >= 4 is 0 Å². The van der Waals surface area contributed by atoms with Crippen molar-refractivity contribution < 1.29 is 26.7 Å². The van der Waals surface area contributed by atoms with E-state index < -0.39 is 29.8 Å². The lowest BCUT2D eigenvalue weighted by Crippen LogP contribution is -2.21. The number of rotatable bonds is 4. The Morgan fingerprint density at radius 2 is 1.86 bits per heavy atom. The first-order chi connectivity index (χ1) is 10.3. The summed E-state index contributed by atoms with van der Waals surface area (Å²) >= 11 is 0. The summed E-state index contributed by atoms with van der Waals surface area (Å²) in [5.74, 6) is -2.77. The van der Waals surface area contributed by atoms with Crippen molar-refractivity contribution in [3.8, 4) is 5.75 Å². The fourth-order valence-electron chi connectivity index (χ4n) is 1.98. The van der Waals surface area contributed by atoms with Crippen LogP contribution in [-0.2, 0) is 0 Å². The second-order valence-corrected chi connectivity index (χ2v) is 4.33. The Morgan fingerprint density at radius 1 is 1.14 bits per heavy atom. The lowest BCUT2D eigenvalue weighted by Gasteiger charge is -2.18.